The summed E-state index contributed by atoms with van der Waals surface area (Å²) in [5, 5.41) is 3.40. The molecule has 0 amide bonds. The first kappa shape index (κ1) is 12.4. The van der Waals surface area contributed by atoms with Crippen LogP contribution in [0.15, 0.2) is 18.2 Å². The van der Waals surface area contributed by atoms with Crippen molar-refractivity contribution >= 4 is 0 Å². The van der Waals surface area contributed by atoms with E-state index < -0.39 is 0 Å². The molecule has 0 heterocycles. The van der Waals surface area contributed by atoms with Crippen LogP contribution >= 0.6 is 0 Å². The molecule has 2 rings (SSSR count). The number of hydrogen-bond acceptors (Lipinski definition) is 2. The predicted octanol–water partition coefficient (Wildman–Crippen LogP) is 3.11. The molecule has 0 spiro atoms. The number of rotatable bonds is 5. The largest absolute Gasteiger partial charge is 0.494 e. The van der Waals surface area contributed by atoms with Crippen LogP contribution in [-0.2, 0) is 6.54 Å². The van der Waals surface area contributed by atoms with Crippen molar-refractivity contribution in [1.29, 1.82) is 0 Å². The van der Waals surface area contributed by atoms with Crippen LogP contribution in [0, 0.1) is 11.2 Å². The zero-order chi connectivity index (χ0) is 12.3. The van der Waals surface area contributed by atoms with Crippen molar-refractivity contribution in [3.05, 3.63) is 29.6 Å². The molecule has 0 atom stereocenters. The van der Waals surface area contributed by atoms with Gasteiger partial charge in [-0.05, 0) is 36.0 Å². The molecule has 2 nitrogen and oxygen atoms in total. The summed E-state index contributed by atoms with van der Waals surface area (Å²) >= 11 is 0. The van der Waals surface area contributed by atoms with E-state index >= 15 is 0 Å². The second kappa shape index (κ2) is 5.05. The Morgan fingerprint density at radius 3 is 2.71 bits per heavy atom. The average molecular weight is 237 g/mol. The fourth-order valence-electron chi connectivity index (χ4n) is 2.29. The second-order valence-electron chi connectivity index (χ2n) is 5.24. The molecule has 0 unspecified atom stereocenters. The molecule has 1 aromatic carbocycles. The van der Waals surface area contributed by atoms with Gasteiger partial charge in [-0.1, -0.05) is 19.4 Å². The minimum atomic E-state index is -0.290. The number of halogens is 1. The lowest BCUT2D eigenvalue weighted by Gasteiger charge is -2.38. The van der Waals surface area contributed by atoms with Crippen molar-refractivity contribution in [2.75, 3.05) is 13.7 Å². The van der Waals surface area contributed by atoms with Crippen LogP contribution < -0.4 is 10.1 Å². The lowest BCUT2D eigenvalue weighted by molar-refractivity contribution is 0.156. The highest BCUT2D eigenvalue weighted by Gasteiger charge is 2.30. The fraction of sp³-hybridized carbons (Fsp3) is 0.571. The van der Waals surface area contributed by atoms with Crippen LogP contribution in [0.4, 0.5) is 4.39 Å². The number of hydrogen-bond donors (Lipinski definition) is 1. The molecule has 1 aliphatic carbocycles. The van der Waals surface area contributed by atoms with Gasteiger partial charge < -0.3 is 10.1 Å². The van der Waals surface area contributed by atoms with Crippen molar-refractivity contribution in [1.82, 2.24) is 5.32 Å². The van der Waals surface area contributed by atoms with Gasteiger partial charge in [-0.15, -0.1) is 0 Å². The predicted molar refractivity (Wildman–Crippen MR) is 66.6 cm³/mol. The molecular formula is C14H20FNO. The van der Waals surface area contributed by atoms with E-state index in [4.69, 9.17) is 4.74 Å². The smallest absolute Gasteiger partial charge is 0.165 e. The van der Waals surface area contributed by atoms with Crippen LogP contribution in [0.25, 0.3) is 0 Å². The van der Waals surface area contributed by atoms with E-state index in [0.29, 0.717) is 11.2 Å². The summed E-state index contributed by atoms with van der Waals surface area (Å²) < 4.78 is 18.3. The highest BCUT2D eigenvalue weighted by molar-refractivity contribution is 5.29. The van der Waals surface area contributed by atoms with Gasteiger partial charge in [-0.25, -0.2) is 4.39 Å². The van der Waals surface area contributed by atoms with Gasteiger partial charge >= 0.3 is 0 Å². The molecule has 0 aliphatic heterocycles. The third-order valence-corrected chi connectivity index (χ3v) is 3.66. The zero-order valence-corrected chi connectivity index (χ0v) is 10.6. The van der Waals surface area contributed by atoms with Gasteiger partial charge in [0, 0.05) is 13.1 Å². The molecule has 3 heteroatoms. The van der Waals surface area contributed by atoms with Crippen LogP contribution in [0.5, 0.6) is 5.75 Å². The molecule has 1 aliphatic rings. The topological polar surface area (TPSA) is 21.3 Å². The molecule has 1 N–H and O–H groups in total. The highest BCUT2D eigenvalue weighted by atomic mass is 19.1. The third-order valence-electron chi connectivity index (χ3n) is 3.66. The van der Waals surface area contributed by atoms with E-state index in [2.05, 4.69) is 12.2 Å². The summed E-state index contributed by atoms with van der Waals surface area (Å²) in [6, 6.07) is 5.12. The summed E-state index contributed by atoms with van der Waals surface area (Å²) in [7, 11) is 1.48. The van der Waals surface area contributed by atoms with E-state index in [1.54, 1.807) is 6.07 Å². The fourth-order valence-corrected chi connectivity index (χ4v) is 2.29. The minimum absolute atomic E-state index is 0.290. The Bertz CT molecular complexity index is 388. The van der Waals surface area contributed by atoms with E-state index in [9.17, 15) is 4.39 Å². The maximum Gasteiger partial charge on any atom is 0.165 e. The van der Waals surface area contributed by atoms with Crippen molar-refractivity contribution < 1.29 is 9.13 Å². The first-order valence-corrected chi connectivity index (χ1v) is 6.16. The van der Waals surface area contributed by atoms with Crippen LogP contribution in [0.3, 0.4) is 0 Å². The molecular weight excluding hydrogens is 217 g/mol. The SMILES string of the molecule is COc1ccc(CNCC2(C)CCC2)cc1F. The lowest BCUT2D eigenvalue weighted by Crippen LogP contribution is -2.36. The van der Waals surface area contributed by atoms with Crippen molar-refractivity contribution in [2.24, 2.45) is 5.41 Å². The molecule has 0 saturated heterocycles. The van der Waals surface area contributed by atoms with Gasteiger partial charge in [0.25, 0.3) is 0 Å². The van der Waals surface area contributed by atoms with Gasteiger partial charge in [0.1, 0.15) is 0 Å². The van der Waals surface area contributed by atoms with E-state index in [0.717, 1.165) is 18.7 Å². The standard InChI is InChI=1S/C14H20FNO/c1-14(6-3-7-14)10-16-9-11-4-5-13(17-2)12(15)8-11/h4-5,8,16H,3,6-7,9-10H2,1-2H3. The highest BCUT2D eigenvalue weighted by Crippen LogP contribution is 2.39. The van der Waals surface area contributed by atoms with E-state index in [1.165, 1.54) is 32.4 Å². The quantitative estimate of drug-likeness (QED) is 0.849. The number of methoxy groups -OCH3 is 1. The normalized spacial score (nSPS) is 17.6. The zero-order valence-electron chi connectivity index (χ0n) is 10.6. The number of ether oxygens (including phenoxy) is 1. The monoisotopic (exact) mass is 237 g/mol. The minimum Gasteiger partial charge on any atom is -0.494 e. The summed E-state index contributed by atoms with van der Waals surface area (Å²) in [5.41, 5.74) is 1.43. The van der Waals surface area contributed by atoms with Crippen molar-refractivity contribution in [3.63, 3.8) is 0 Å². The Morgan fingerprint density at radius 1 is 1.41 bits per heavy atom. The number of nitrogens with one attached hydrogen (secondary N) is 1. The van der Waals surface area contributed by atoms with E-state index in [-0.39, 0.29) is 5.82 Å². The average Bonchev–Trinajstić information content (AvgIpc) is 2.27. The Labute approximate surface area is 102 Å². The molecule has 17 heavy (non-hydrogen) atoms. The molecule has 0 radical (unpaired) electrons. The molecule has 1 fully saturated rings. The van der Waals surface area contributed by atoms with Crippen molar-refractivity contribution in [2.45, 2.75) is 32.7 Å². The molecule has 1 aromatic rings. The van der Waals surface area contributed by atoms with Crippen LogP contribution in [-0.4, -0.2) is 13.7 Å². The molecule has 0 bridgehead atoms. The molecule has 1 saturated carbocycles. The first-order chi connectivity index (χ1) is 8.13. The van der Waals surface area contributed by atoms with Gasteiger partial charge in [0.2, 0.25) is 0 Å². The summed E-state index contributed by atoms with van der Waals surface area (Å²) in [6.07, 6.45) is 3.95. The Hall–Kier alpha value is -1.09. The second-order valence-corrected chi connectivity index (χ2v) is 5.24. The maximum atomic E-state index is 13.4. The Kier molecular flexibility index (Phi) is 3.67. The number of benzene rings is 1. The lowest BCUT2D eigenvalue weighted by atomic mass is 9.70. The van der Waals surface area contributed by atoms with Gasteiger partial charge in [0.15, 0.2) is 11.6 Å². The van der Waals surface area contributed by atoms with Gasteiger partial charge in [-0.3, -0.25) is 0 Å². The third kappa shape index (κ3) is 2.97. The van der Waals surface area contributed by atoms with Crippen LogP contribution in [0.1, 0.15) is 31.7 Å². The Morgan fingerprint density at radius 2 is 2.18 bits per heavy atom. The van der Waals surface area contributed by atoms with Crippen LogP contribution in [0.2, 0.25) is 0 Å². The first-order valence-electron chi connectivity index (χ1n) is 6.16. The summed E-state index contributed by atoms with van der Waals surface area (Å²) in [4.78, 5) is 0. The molecule has 94 valence electrons. The maximum absolute atomic E-state index is 13.4. The summed E-state index contributed by atoms with van der Waals surface area (Å²) in [6.45, 7) is 4.04. The van der Waals surface area contributed by atoms with Gasteiger partial charge in [-0.2, -0.15) is 0 Å². The Balaban J connectivity index is 1.84. The van der Waals surface area contributed by atoms with Gasteiger partial charge in [0.05, 0.1) is 7.11 Å². The summed E-state index contributed by atoms with van der Waals surface area (Å²) in [5.74, 6) is 0.0151. The van der Waals surface area contributed by atoms with E-state index in [1.807, 2.05) is 6.07 Å². The molecule has 0 aromatic heterocycles. The van der Waals surface area contributed by atoms with Crippen molar-refractivity contribution in [3.8, 4) is 5.75 Å².